The number of nitrogens with two attached hydrogens (primary N) is 1. The van der Waals surface area contributed by atoms with E-state index in [-0.39, 0.29) is 5.91 Å². The SMILES string of the molecule is CN(Cc1ccccc1Cl)C(=O)c1ccccc1CCN. The lowest BCUT2D eigenvalue weighted by molar-refractivity contribution is 0.0784. The van der Waals surface area contributed by atoms with Crippen LogP contribution >= 0.6 is 11.6 Å². The second-order valence-corrected chi connectivity index (χ2v) is 5.36. The molecule has 4 heteroatoms. The van der Waals surface area contributed by atoms with Crippen molar-refractivity contribution in [2.24, 2.45) is 5.73 Å². The van der Waals surface area contributed by atoms with Gasteiger partial charge in [-0.1, -0.05) is 48.0 Å². The van der Waals surface area contributed by atoms with Crippen molar-refractivity contribution >= 4 is 17.5 Å². The molecule has 0 aliphatic heterocycles. The largest absolute Gasteiger partial charge is 0.337 e. The fourth-order valence-corrected chi connectivity index (χ4v) is 2.46. The smallest absolute Gasteiger partial charge is 0.254 e. The Morgan fingerprint density at radius 1 is 1.10 bits per heavy atom. The predicted octanol–water partition coefficient (Wildman–Crippen LogP) is 3.11. The molecule has 3 nitrogen and oxygen atoms in total. The van der Waals surface area contributed by atoms with Crippen molar-refractivity contribution in [3.8, 4) is 0 Å². The molecule has 0 atom stereocenters. The zero-order valence-electron chi connectivity index (χ0n) is 12.1. The maximum Gasteiger partial charge on any atom is 0.254 e. The van der Waals surface area contributed by atoms with Gasteiger partial charge in [-0.3, -0.25) is 4.79 Å². The number of carbonyl (C=O) groups excluding carboxylic acids is 1. The summed E-state index contributed by atoms with van der Waals surface area (Å²) < 4.78 is 0. The van der Waals surface area contributed by atoms with E-state index in [1.165, 1.54) is 0 Å². The Kier molecular flexibility index (Phi) is 5.37. The maximum absolute atomic E-state index is 12.6. The normalized spacial score (nSPS) is 10.4. The highest BCUT2D eigenvalue weighted by Crippen LogP contribution is 2.18. The van der Waals surface area contributed by atoms with Gasteiger partial charge in [0, 0.05) is 24.2 Å². The first-order valence-electron chi connectivity index (χ1n) is 6.90. The van der Waals surface area contributed by atoms with Crippen LogP contribution in [0.1, 0.15) is 21.5 Å². The quantitative estimate of drug-likeness (QED) is 0.922. The van der Waals surface area contributed by atoms with Gasteiger partial charge >= 0.3 is 0 Å². The number of rotatable bonds is 5. The van der Waals surface area contributed by atoms with Gasteiger partial charge < -0.3 is 10.6 Å². The Balaban J connectivity index is 2.18. The van der Waals surface area contributed by atoms with Crippen LogP contribution < -0.4 is 5.73 Å². The van der Waals surface area contributed by atoms with Crippen LogP contribution in [0.3, 0.4) is 0 Å². The van der Waals surface area contributed by atoms with Crippen molar-refractivity contribution in [1.82, 2.24) is 4.90 Å². The first kappa shape index (κ1) is 15.5. The van der Waals surface area contributed by atoms with Crippen LogP contribution in [0, 0.1) is 0 Å². The molecule has 2 N–H and O–H groups in total. The monoisotopic (exact) mass is 302 g/mol. The third-order valence-corrected chi connectivity index (χ3v) is 3.74. The number of benzene rings is 2. The lowest BCUT2D eigenvalue weighted by atomic mass is 10.0. The van der Waals surface area contributed by atoms with Gasteiger partial charge in [-0.25, -0.2) is 0 Å². The van der Waals surface area contributed by atoms with Crippen LogP contribution in [-0.4, -0.2) is 24.4 Å². The van der Waals surface area contributed by atoms with Gasteiger partial charge in [-0.15, -0.1) is 0 Å². The van der Waals surface area contributed by atoms with E-state index in [0.29, 0.717) is 30.1 Å². The van der Waals surface area contributed by atoms with Crippen molar-refractivity contribution in [3.63, 3.8) is 0 Å². The summed E-state index contributed by atoms with van der Waals surface area (Å²) >= 11 is 6.15. The first-order valence-corrected chi connectivity index (χ1v) is 7.28. The molecule has 1 amide bonds. The minimum absolute atomic E-state index is 0.0148. The molecule has 0 aliphatic carbocycles. The van der Waals surface area contributed by atoms with E-state index in [2.05, 4.69) is 0 Å². The van der Waals surface area contributed by atoms with E-state index >= 15 is 0 Å². The third kappa shape index (κ3) is 3.84. The summed E-state index contributed by atoms with van der Waals surface area (Å²) in [4.78, 5) is 14.3. The lowest BCUT2D eigenvalue weighted by Gasteiger charge is -2.19. The molecule has 0 aromatic heterocycles. The predicted molar refractivity (Wildman–Crippen MR) is 86.4 cm³/mol. The summed E-state index contributed by atoms with van der Waals surface area (Å²) in [6, 6.07) is 15.1. The molecule has 2 aromatic rings. The molecule has 0 bridgehead atoms. The van der Waals surface area contributed by atoms with E-state index in [1.807, 2.05) is 48.5 Å². The molecule has 21 heavy (non-hydrogen) atoms. The number of halogens is 1. The molecule has 0 unspecified atom stereocenters. The Bertz CT molecular complexity index is 628. The average molecular weight is 303 g/mol. The average Bonchev–Trinajstić information content (AvgIpc) is 2.50. The molecule has 0 aliphatic rings. The van der Waals surface area contributed by atoms with Gasteiger partial charge in [0.15, 0.2) is 0 Å². The van der Waals surface area contributed by atoms with E-state index in [0.717, 1.165) is 11.1 Å². The van der Waals surface area contributed by atoms with Crippen LogP contribution in [0.2, 0.25) is 5.02 Å². The zero-order chi connectivity index (χ0) is 15.2. The highest BCUT2D eigenvalue weighted by Gasteiger charge is 2.16. The van der Waals surface area contributed by atoms with Crippen molar-refractivity contribution < 1.29 is 4.79 Å². The number of carbonyl (C=O) groups is 1. The molecule has 0 fully saturated rings. The van der Waals surface area contributed by atoms with E-state index in [9.17, 15) is 4.79 Å². The highest BCUT2D eigenvalue weighted by molar-refractivity contribution is 6.31. The van der Waals surface area contributed by atoms with Crippen LogP contribution in [0.5, 0.6) is 0 Å². The van der Waals surface area contributed by atoms with Gasteiger partial charge in [-0.2, -0.15) is 0 Å². The van der Waals surface area contributed by atoms with Crippen LogP contribution in [0.4, 0.5) is 0 Å². The summed E-state index contributed by atoms with van der Waals surface area (Å²) in [6.45, 7) is 1.01. The van der Waals surface area contributed by atoms with Gasteiger partial charge in [0.25, 0.3) is 5.91 Å². The van der Waals surface area contributed by atoms with Crippen LogP contribution in [0.25, 0.3) is 0 Å². The van der Waals surface area contributed by atoms with Crippen LogP contribution in [-0.2, 0) is 13.0 Å². The summed E-state index contributed by atoms with van der Waals surface area (Å²) in [7, 11) is 1.78. The molecule has 0 spiro atoms. The lowest BCUT2D eigenvalue weighted by Crippen LogP contribution is -2.27. The molecule has 0 radical (unpaired) electrons. The maximum atomic E-state index is 12.6. The molecular weight excluding hydrogens is 284 g/mol. The van der Waals surface area contributed by atoms with Gasteiger partial charge in [0.05, 0.1) is 0 Å². The fraction of sp³-hybridized carbons (Fsp3) is 0.235. The number of amides is 1. The molecule has 110 valence electrons. The standard InChI is InChI=1S/C17H19ClN2O/c1-20(12-14-7-3-5-9-16(14)18)17(21)15-8-4-2-6-13(15)10-11-19/h2-9H,10-12,19H2,1H3. The van der Waals surface area contributed by atoms with Crippen molar-refractivity contribution in [2.45, 2.75) is 13.0 Å². The molecule has 0 saturated carbocycles. The number of hydrogen-bond donors (Lipinski definition) is 1. The zero-order valence-corrected chi connectivity index (χ0v) is 12.8. The summed E-state index contributed by atoms with van der Waals surface area (Å²) in [5.74, 6) is -0.0148. The Morgan fingerprint density at radius 2 is 1.71 bits per heavy atom. The van der Waals surface area contributed by atoms with Crippen molar-refractivity contribution in [1.29, 1.82) is 0 Å². The van der Waals surface area contributed by atoms with Gasteiger partial charge in [0.2, 0.25) is 0 Å². The Labute approximate surface area is 130 Å². The minimum atomic E-state index is -0.0148. The van der Waals surface area contributed by atoms with Gasteiger partial charge in [-0.05, 0) is 36.2 Å². The fourth-order valence-electron chi connectivity index (χ4n) is 2.26. The summed E-state index contributed by atoms with van der Waals surface area (Å²) in [5, 5.41) is 0.674. The highest BCUT2D eigenvalue weighted by atomic mass is 35.5. The first-order chi connectivity index (χ1) is 10.1. The van der Waals surface area contributed by atoms with E-state index < -0.39 is 0 Å². The second-order valence-electron chi connectivity index (χ2n) is 4.95. The number of nitrogens with zero attached hydrogens (tertiary/aromatic N) is 1. The van der Waals surface area contributed by atoms with E-state index in [4.69, 9.17) is 17.3 Å². The van der Waals surface area contributed by atoms with Crippen molar-refractivity contribution in [3.05, 3.63) is 70.2 Å². The third-order valence-electron chi connectivity index (χ3n) is 3.37. The minimum Gasteiger partial charge on any atom is -0.337 e. The number of hydrogen-bond acceptors (Lipinski definition) is 2. The van der Waals surface area contributed by atoms with Gasteiger partial charge in [0.1, 0.15) is 0 Å². The van der Waals surface area contributed by atoms with Crippen molar-refractivity contribution in [2.75, 3.05) is 13.6 Å². The molecule has 2 rings (SSSR count). The van der Waals surface area contributed by atoms with E-state index in [1.54, 1.807) is 11.9 Å². The topological polar surface area (TPSA) is 46.3 Å². The molecule has 0 saturated heterocycles. The molecule has 2 aromatic carbocycles. The Hall–Kier alpha value is -1.84. The second kappa shape index (κ2) is 7.25. The molecule has 0 heterocycles. The van der Waals surface area contributed by atoms with Crippen LogP contribution in [0.15, 0.2) is 48.5 Å². The Morgan fingerprint density at radius 3 is 2.38 bits per heavy atom. The summed E-state index contributed by atoms with van der Waals surface area (Å²) in [5.41, 5.74) is 8.23. The summed E-state index contributed by atoms with van der Waals surface area (Å²) in [6.07, 6.45) is 0.696. The molecular formula is C17H19ClN2O.